The van der Waals surface area contributed by atoms with E-state index in [2.05, 4.69) is 208 Å². The summed E-state index contributed by atoms with van der Waals surface area (Å²) in [4.78, 5) is 0. The van der Waals surface area contributed by atoms with Crippen LogP contribution in [0.25, 0.3) is 109 Å². The second-order valence-electron chi connectivity index (χ2n) is 16.4. The molecule has 0 radical (unpaired) electrons. The van der Waals surface area contributed by atoms with Gasteiger partial charge < -0.3 is 0 Å². The molecule has 0 spiro atoms. The summed E-state index contributed by atoms with van der Waals surface area (Å²) < 4.78 is 0. The van der Waals surface area contributed by atoms with Crippen molar-refractivity contribution in [3.63, 3.8) is 0 Å². The van der Waals surface area contributed by atoms with Gasteiger partial charge in [0.05, 0.1) is 0 Å². The molecule has 0 fully saturated rings. The minimum atomic E-state index is -0.169. The highest BCUT2D eigenvalue weighted by molar-refractivity contribution is 6.23. The quantitative estimate of drug-likeness (QED) is 0.126. The predicted molar refractivity (Wildman–Crippen MR) is 245 cm³/mol. The largest absolute Gasteiger partial charge is 0.0616 e. The lowest BCUT2D eigenvalue weighted by molar-refractivity contribution is 0.672. The third kappa shape index (κ3) is 4.62. The van der Waals surface area contributed by atoms with Crippen molar-refractivity contribution in [2.45, 2.75) is 19.3 Å². The summed E-state index contributed by atoms with van der Waals surface area (Å²) in [5.74, 6) is 0. The van der Waals surface area contributed by atoms with Gasteiger partial charge in [-0.3, -0.25) is 0 Å². The van der Waals surface area contributed by atoms with Gasteiger partial charge in [0.2, 0.25) is 0 Å². The Balaban J connectivity index is 1.06. The van der Waals surface area contributed by atoms with Gasteiger partial charge in [-0.05, 0) is 138 Å². The zero-order valence-electron chi connectivity index (χ0n) is 32.0. The second kappa shape index (κ2) is 12.0. The van der Waals surface area contributed by atoms with Crippen LogP contribution in [-0.2, 0) is 5.41 Å². The normalized spacial score (nSPS) is 13.2. The summed E-state index contributed by atoms with van der Waals surface area (Å²) in [5.41, 5.74) is 13.0. The van der Waals surface area contributed by atoms with Gasteiger partial charge >= 0.3 is 0 Å². The molecule has 1 aliphatic rings. The molecule has 0 unspecified atom stereocenters. The molecule has 12 rings (SSSR count). The Bertz CT molecular complexity index is 3430. The molecule has 0 amide bonds. The highest BCUT2D eigenvalue weighted by Gasteiger charge is 2.39. The molecule has 0 bridgehead atoms. The first-order valence-corrected chi connectivity index (χ1v) is 20.1. The van der Waals surface area contributed by atoms with Gasteiger partial charge in [-0.25, -0.2) is 0 Å². The Labute approximate surface area is 332 Å². The SMILES string of the molecule is CC1(C)c2c(ccc3cc(-c4c5ccccc5c(-c5cccc(-c6ccc7ccccc7c6)c5)c5ccccc45)ccc23)-c2c1c1ccccc1c1ccccc21. The third-order valence-electron chi connectivity index (χ3n) is 12.9. The summed E-state index contributed by atoms with van der Waals surface area (Å²) in [6.07, 6.45) is 0. The van der Waals surface area contributed by atoms with E-state index in [9.17, 15) is 0 Å². The first-order valence-electron chi connectivity index (χ1n) is 20.1. The van der Waals surface area contributed by atoms with Crippen molar-refractivity contribution in [2.75, 3.05) is 0 Å². The van der Waals surface area contributed by atoms with E-state index in [1.165, 1.54) is 120 Å². The highest BCUT2D eigenvalue weighted by atomic mass is 14.4. The average molecular weight is 723 g/mol. The van der Waals surface area contributed by atoms with E-state index >= 15 is 0 Å². The maximum Gasteiger partial charge on any atom is 0.0171 e. The molecule has 0 N–H and O–H groups in total. The van der Waals surface area contributed by atoms with E-state index in [0.717, 1.165) is 0 Å². The molecule has 0 aromatic heterocycles. The van der Waals surface area contributed by atoms with Crippen LogP contribution in [0.5, 0.6) is 0 Å². The van der Waals surface area contributed by atoms with Gasteiger partial charge in [-0.15, -0.1) is 0 Å². The van der Waals surface area contributed by atoms with Gasteiger partial charge in [0.15, 0.2) is 0 Å². The first-order chi connectivity index (χ1) is 28.0. The molecule has 0 atom stereocenters. The molecule has 0 nitrogen and oxygen atoms in total. The van der Waals surface area contributed by atoms with E-state index in [1.807, 2.05) is 0 Å². The Morgan fingerprint density at radius 2 is 0.719 bits per heavy atom. The average Bonchev–Trinajstić information content (AvgIpc) is 3.52. The standard InChI is InChI=1S/C57H38/c1-57(2)55-42-30-29-41(34-39(42)28-31-51(55)54-45-20-7-5-18-43(45)44-19-6-12-25-50(44)56(54)57)53-48-23-10-8-21-46(48)52(47-22-9-11-24-49(47)53)40-17-13-16-37(33-40)38-27-26-35-14-3-4-15-36(35)32-38/h3-34H,1-2H3. The topological polar surface area (TPSA) is 0 Å². The fraction of sp³-hybridized carbons (Fsp3) is 0.0526. The number of hydrogen-bond donors (Lipinski definition) is 0. The number of fused-ring (bicyclic) bond motifs is 13. The molecule has 0 heteroatoms. The molecule has 0 aliphatic heterocycles. The monoisotopic (exact) mass is 722 g/mol. The van der Waals surface area contributed by atoms with Crippen molar-refractivity contribution in [3.05, 3.63) is 205 Å². The second-order valence-corrected chi connectivity index (χ2v) is 16.4. The van der Waals surface area contributed by atoms with Gasteiger partial charge in [0.25, 0.3) is 0 Å². The van der Waals surface area contributed by atoms with Crippen LogP contribution in [0.3, 0.4) is 0 Å². The zero-order valence-corrected chi connectivity index (χ0v) is 32.0. The smallest absolute Gasteiger partial charge is 0.0171 e. The molecule has 266 valence electrons. The van der Waals surface area contributed by atoms with Crippen molar-refractivity contribution in [1.29, 1.82) is 0 Å². The summed E-state index contributed by atoms with van der Waals surface area (Å²) in [6, 6.07) is 72.5. The van der Waals surface area contributed by atoms with Crippen LogP contribution in [0.15, 0.2) is 194 Å². The Morgan fingerprint density at radius 3 is 1.39 bits per heavy atom. The highest BCUT2D eigenvalue weighted by Crippen LogP contribution is 2.56. The minimum Gasteiger partial charge on any atom is -0.0616 e. The molecule has 11 aromatic carbocycles. The van der Waals surface area contributed by atoms with Crippen LogP contribution in [0.4, 0.5) is 0 Å². The Morgan fingerprint density at radius 1 is 0.263 bits per heavy atom. The van der Waals surface area contributed by atoms with Crippen molar-refractivity contribution in [1.82, 2.24) is 0 Å². The number of hydrogen-bond acceptors (Lipinski definition) is 0. The predicted octanol–water partition coefficient (Wildman–Crippen LogP) is 15.9. The molecular weight excluding hydrogens is 685 g/mol. The van der Waals surface area contributed by atoms with E-state index in [1.54, 1.807) is 0 Å². The van der Waals surface area contributed by atoms with Gasteiger partial charge in [0, 0.05) is 5.41 Å². The van der Waals surface area contributed by atoms with Crippen LogP contribution in [0, 0.1) is 0 Å². The molecule has 0 saturated carbocycles. The van der Waals surface area contributed by atoms with Crippen molar-refractivity contribution in [2.24, 2.45) is 0 Å². The summed E-state index contributed by atoms with van der Waals surface area (Å²) in [7, 11) is 0. The Hall–Kier alpha value is -7.02. The van der Waals surface area contributed by atoms with Gasteiger partial charge in [-0.1, -0.05) is 190 Å². The first kappa shape index (κ1) is 32.2. The van der Waals surface area contributed by atoms with Gasteiger partial charge in [0.1, 0.15) is 0 Å². The summed E-state index contributed by atoms with van der Waals surface area (Å²) in [5, 5.41) is 15.6. The minimum absolute atomic E-state index is 0.169. The van der Waals surface area contributed by atoms with Crippen LogP contribution < -0.4 is 0 Å². The molecule has 0 heterocycles. The van der Waals surface area contributed by atoms with E-state index in [-0.39, 0.29) is 5.41 Å². The number of rotatable bonds is 3. The molecule has 57 heavy (non-hydrogen) atoms. The van der Waals surface area contributed by atoms with Crippen LogP contribution in [-0.4, -0.2) is 0 Å². The van der Waals surface area contributed by atoms with Crippen molar-refractivity contribution < 1.29 is 0 Å². The lowest BCUT2D eigenvalue weighted by atomic mass is 9.77. The molecule has 0 saturated heterocycles. The van der Waals surface area contributed by atoms with Crippen LogP contribution in [0.2, 0.25) is 0 Å². The number of benzene rings is 11. The lowest BCUT2D eigenvalue weighted by Gasteiger charge is -2.25. The summed E-state index contributed by atoms with van der Waals surface area (Å²) in [6.45, 7) is 4.86. The summed E-state index contributed by atoms with van der Waals surface area (Å²) >= 11 is 0. The molecule has 1 aliphatic carbocycles. The van der Waals surface area contributed by atoms with Crippen molar-refractivity contribution in [3.8, 4) is 44.5 Å². The molecule has 11 aromatic rings. The Kier molecular flexibility index (Phi) is 6.78. The van der Waals surface area contributed by atoms with Gasteiger partial charge in [-0.2, -0.15) is 0 Å². The fourth-order valence-corrected chi connectivity index (χ4v) is 10.5. The zero-order chi connectivity index (χ0) is 37.8. The lowest BCUT2D eigenvalue weighted by Crippen LogP contribution is -2.16. The maximum atomic E-state index is 2.44. The maximum absolute atomic E-state index is 2.44. The van der Waals surface area contributed by atoms with Crippen LogP contribution in [0.1, 0.15) is 25.0 Å². The van der Waals surface area contributed by atoms with Crippen molar-refractivity contribution >= 4 is 64.6 Å². The fourth-order valence-electron chi connectivity index (χ4n) is 10.5. The third-order valence-corrected chi connectivity index (χ3v) is 12.9. The molecular formula is C57H38. The van der Waals surface area contributed by atoms with E-state index in [0.29, 0.717) is 0 Å². The van der Waals surface area contributed by atoms with E-state index < -0.39 is 0 Å². The van der Waals surface area contributed by atoms with E-state index in [4.69, 9.17) is 0 Å². The van der Waals surface area contributed by atoms with Crippen LogP contribution >= 0.6 is 0 Å².